The normalized spacial score (nSPS) is 31.4. The maximum atomic E-state index is 8.46. The predicted octanol–water partition coefficient (Wildman–Crippen LogP) is 2.02. The zero-order valence-corrected chi connectivity index (χ0v) is 8.08. The summed E-state index contributed by atoms with van der Waals surface area (Å²) in [5, 5.41) is 8.46. The standard InChI is InChI=1S/C10H18N2/c1-9-4-7-12(6-3-5-11)10(2)8-9/h9-10H,3-4,6-8H2,1-2H3. The second-order valence-electron chi connectivity index (χ2n) is 3.92. The molecule has 12 heavy (non-hydrogen) atoms. The van der Waals surface area contributed by atoms with E-state index in [-0.39, 0.29) is 0 Å². The lowest BCUT2D eigenvalue weighted by atomic mass is 9.93. The Kier molecular flexibility index (Phi) is 3.55. The van der Waals surface area contributed by atoms with Gasteiger partial charge in [0, 0.05) is 19.0 Å². The maximum absolute atomic E-state index is 8.46. The van der Waals surface area contributed by atoms with E-state index in [2.05, 4.69) is 24.8 Å². The smallest absolute Gasteiger partial charge is 0.0635 e. The van der Waals surface area contributed by atoms with Crippen molar-refractivity contribution < 1.29 is 0 Å². The summed E-state index contributed by atoms with van der Waals surface area (Å²) in [6.07, 6.45) is 3.28. The van der Waals surface area contributed by atoms with Crippen LogP contribution < -0.4 is 0 Å². The molecule has 2 unspecified atom stereocenters. The van der Waals surface area contributed by atoms with E-state index in [4.69, 9.17) is 5.26 Å². The quantitative estimate of drug-likeness (QED) is 0.627. The third-order valence-corrected chi connectivity index (χ3v) is 2.79. The number of nitrogens with zero attached hydrogens (tertiary/aromatic N) is 2. The van der Waals surface area contributed by atoms with E-state index >= 15 is 0 Å². The Balaban J connectivity index is 2.30. The zero-order valence-electron chi connectivity index (χ0n) is 8.08. The van der Waals surface area contributed by atoms with Gasteiger partial charge in [-0.25, -0.2) is 0 Å². The van der Waals surface area contributed by atoms with Gasteiger partial charge in [0.25, 0.3) is 0 Å². The van der Waals surface area contributed by atoms with Crippen molar-refractivity contribution in [3.8, 4) is 6.07 Å². The molecule has 1 aliphatic rings. The highest BCUT2D eigenvalue weighted by molar-refractivity contribution is 4.80. The van der Waals surface area contributed by atoms with Gasteiger partial charge in [-0.2, -0.15) is 5.26 Å². The van der Waals surface area contributed by atoms with Gasteiger partial charge in [0.2, 0.25) is 0 Å². The third kappa shape index (κ3) is 2.49. The molecule has 0 radical (unpaired) electrons. The fraction of sp³-hybridized carbons (Fsp3) is 0.900. The van der Waals surface area contributed by atoms with E-state index < -0.39 is 0 Å². The highest BCUT2D eigenvalue weighted by Gasteiger charge is 2.21. The molecule has 0 bridgehead atoms. The molecule has 0 amide bonds. The molecule has 2 nitrogen and oxygen atoms in total. The fourth-order valence-corrected chi connectivity index (χ4v) is 1.98. The van der Waals surface area contributed by atoms with Crippen LogP contribution in [0.4, 0.5) is 0 Å². The van der Waals surface area contributed by atoms with E-state index in [0.29, 0.717) is 12.5 Å². The van der Waals surface area contributed by atoms with Crippen LogP contribution in [0.3, 0.4) is 0 Å². The maximum Gasteiger partial charge on any atom is 0.0635 e. The molecule has 1 heterocycles. The van der Waals surface area contributed by atoms with Gasteiger partial charge >= 0.3 is 0 Å². The van der Waals surface area contributed by atoms with Crippen LogP contribution in [0.2, 0.25) is 0 Å². The van der Waals surface area contributed by atoms with Crippen molar-refractivity contribution in [3.05, 3.63) is 0 Å². The van der Waals surface area contributed by atoms with Gasteiger partial charge in [-0.05, 0) is 32.2 Å². The number of likely N-dealkylation sites (tertiary alicyclic amines) is 1. The molecule has 0 aromatic rings. The average molecular weight is 166 g/mol. The summed E-state index contributed by atoms with van der Waals surface area (Å²) in [5.41, 5.74) is 0. The Bertz CT molecular complexity index is 171. The van der Waals surface area contributed by atoms with Crippen LogP contribution in [0.1, 0.15) is 33.1 Å². The van der Waals surface area contributed by atoms with Crippen molar-refractivity contribution in [2.75, 3.05) is 13.1 Å². The largest absolute Gasteiger partial charge is 0.300 e. The molecule has 2 heteroatoms. The van der Waals surface area contributed by atoms with Crippen LogP contribution >= 0.6 is 0 Å². The van der Waals surface area contributed by atoms with Crippen molar-refractivity contribution in [3.63, 3.8) is 0 Å². The first kappa shape index (κ1) is 9.54. The molecule has 1 saturated heterocycles. The average Bonchev–Trinajstić information content (AvgIpc) is 2.03. The molecular weight excluding hydrogens is 148 g/mol. The molecule has 1 aliphatic heterocycles. The molecule has 68 valence electrons. The molecule has 0 aromatic heterocycles. The Morgan fingerprint density at radius 2 is 2.25 bits per heavy atom. The van der Waals surface area contributed by atoms with Crippen molar-refractivity contribution in [1.82, 2.24) is 4.90 Å². The van der Waals surface area contributed by atoms with E-state index in [0.717, 1.165) is 12.5 Å². The van der Waals surface area contributed by atoms with Crippen LogP contribution in [-0.4, -0.2) is 24.0 Å². The number of hydrogen-bond acceptors (Lipinski definition) is 2. The SMILES string of the molecule is CC1CCN(CCC#N)C(C)C1. The van der Waals surface area contributed by atoms with Crippen molar-refractivity contribution in [2.45, 2.75) is 39.2 Å². The summed E-state index contributed by atoms with van der Waals surface area (Å²) in [6.45, 7) is 6.74. The molecule has 0 spiro atoms. The van der Waals surface area contributed by atoms with E-state index in [1.165, 1.54) is 19.4 Å². The van der Waals surface area contributed by atoms with Crippen molar-refractivity contribution >= 4 is 0 Å². The number of hydrogen-bond donors (Lipinski definition) is 0. The molecule has 0 aliphatic carbocycles. The lowest BCUT2D eigenvalue weighted by molar-refractivity contribution is 0.132. The summed E-state index contributed by atoms with van der Waals surface area (Å²) in [6, 6.07) is 2.89. The first-order chi connectivity index (χ1) is 5.74. The lowest BCUT2D eigenvalue weighted by Crippen LogP contribution is -2.40. The Morgan fingerprint density at radius 1 is 1.50 bits per heavy atom. The molecular formula is C10H18N2. The second kappa shape index (κ2) is 4.47. The predicted molar refractivity (Wildman–Crippen MR) is 49.7 cm³/mol. The van der Waals surface area contributed by atoms with Gasteiger partial charge in [0.05, 0.1) is 6.07 Å². The van der Waals surface area contributed by atoms with Crippen molar-refractivity contribution in [1.29, 1.82) is 5.26 Å². The van der Waals surface area contributed by atoms with Gasteiger partial charge in [-0.15, -0.1) is 0 Å². The summed E-state index contributed by atoms with van der Waals surface area (Å²) < 4.78 is 0. The second-order valence-corrected chi connectivity index (χ2v) is 3.92. The topological polar surface area (TPSA) is 27.0 Å². The number of piperidine rings is 1. The lowest BCUT2D eigenvalue weighted by Gasteiger charge is -2.35. The van der Waals surface area contributed by atoms with Gasteiger partial charge < -0.3 is 0 Å². The highest BCUT2D eigenvalue weighted by atomic mass is 15.2. The van der Waals surface area contributed by atoms with Crippen LogP contribution in [0.5, 0.6) is 0 Å². The highest BCUT2D eigenvalue weighted by Crippen LogP contribution is 2.21. The minimum Gasteiger partial charge on any atom is -0.300 e. The Morgan fingerprint density at radius 3 is 2.83 bits per heavy atom. The summed E-state index contributed by atoms with van der Waals surface area (Å²) in [5.74, 6) is 0.873. The molecule has 2 atom stereocenters. The van der Waals surface area contributed by atoms with Gasteiger partial charge in [-0.3, -0.25) is 4.90 Å². The molecule has 0 N–H and O–H groups in total. The van der Waals surface area contributed by atoms with E-state index in [1.54, 1.807) is 0 Å². The molecule has 1 fully saturated rings. The zero-order chi connectivity index (χ0) is 8.97. The number of rotatable bonds is 2. The summed E-state index contributed by atoms with van der Waals surface area (Å²) >= 11 is 0. The molecule has 0 aromatic carbocycles. The van der Waals surface area contributed by atoms with Gasteiger partial charge in [-0.1, -0.05) is 6.92 Å². The number of nitriles is 1. The Hall–Kier alpha value is -0.550. The first-order valence-electron chi connectivity index (χ1n) is 4.85. The summed E-state index contributed by atoms with van der Waals surface area (Å²) in [7, 11) is 0. The first-order valence-corrected chi connectivity index (χ1v) is 4.85. The molecule has 1 rings (SSSR count). The minimum atomic E-state index is 0.679. The third-order valence-electron chi connectivity index (χ3n) is 2.79. The van der Waals surface area contributed by atoms with E-state index in [1.807, 2.05) is 0 Å². The fourth-order valence-electron chi connectivity index (χ4n) is 1.98. The Labute approximate surface area is 75.2 Å². The summed E-state index contributed by atoms with van der Waals surface area (Å²) in [4.78, 5) is 2.43. The van der Waals surface area contributed by atoms with E-state index in [9.17, 15) is 0 Å². The van der Waals surface area contributed by atoms with Gasteiger partial charge in [0.1, 0.15) is 0 Å². The van der Waals surface area contributed by atoms with Crippen LogP contribution in [0.15, 0.2) is 0 Å². The minimum absolute atomic E-state index is 0.679. The van der Waals surface area contributed by atoms with Crippen LogP contribution in [0, 0.1) is 17.2 Å². The van der Waals surface area contributed by atoms with Gasteiger partial charge in [0.15, 0.2) is 0 Å². The van der Waals surface area contributed by atoms with Crippen LogP contribution in [-0.2, 0) is 0 Å². The van der Waals surface area contributed by atoms with Crippen molar-refractivity contribution in [2.24, 2.45) is 5.92 Å². The monoisotopic (exact) mass is 166 g/mol. The molecule has 0 saturated carbocycles. The van der Waals surface area contributed by atoms with Crippen LogP contribution in [0.25, 0.3) is 0 Å².